The van der Waals surface area contributed by atoms with E-state index >= 15 is 0 Å². The molecule has 0 heterocycles. The van der Waals surface area contributed by atoms with E-state index in [0.29, 0.717) is 12.4 Å². The molecule has 0 aliphatic rings. The van der Waals surface area contributed by atoms with Crippen molar-refractivity contribution in [2.45, 2.75) is 12.2 Å². The summed E-state index contributed by atoms with van der Waals surface area (Å²) in [6, 6.07) is 9.53. The number of benzene rings is 1. The van der Waals surface area contributed by atoms with Crippen LogP contribution in [0.4, 0.5) is 0 Å². The number of alkyl halides is 1. The largest absolute Gasteiger partial charge is 0.290 e. The Hall–Kier alpha value is 0.0300. The fourth-order valence-electron chi connectivity index (χ4n) is 1.06. The van der Waals surface area contributed by atoms with Crippen molar-refractivity contribution in [2.75, 3.05) is 11.9 Å². The molecular formula is C10H13BrO2S2. The first kappa shape index (κ1) is 13.1. The molecule has 1 aromatic carbocycles. The number of hydrogen-bond donors (Lipinski definition) is 0. The lowest BCUT2D eigenvalue weighted by Crippen LogP contribution is -2.08. The van der Waals surface area contributed by atoms with E-state index in [4.69, 9.17) is 15.4 Å². The molecule has 1 atom stereocenters. The molecule has 2 nitrogen and oxygen atoms in total. The van der Waals surface area contributed by atoms with Crippen LogP contribution in [-0.4, -0.2) is 16.1 Å². The van der Waals surface area contributed by atoms with Gasteiger partial charge in [-0.2, -0.15) is 0 Å². The summed E-state index contributed by atoms with van der Waals surface area (Å²) in [6.45, 7) is 0.445. The molecule has 1 aromatic rings. The highest BCUT2D eigenvalue weighted by Gasteiger charge is 2.07. The summed E-state index contributed by atoms with van der Waals surface area (Å²) >= 11 is 8.21. The molecule has 0 fully saturated rings. The van der Waals surface area contributed by atoms with Crippen molar-refractivity contribution in [2.24, 2.45) is 0 Å². The highest BCUT2D eigenvalue weighted by atomic mass is 79.9. The van der Waals surface area contributed by atoms with Crippen LogP contribution in [0.15, 0.2) is 30.3 Å². The second-order valence-electron chi connectivity index (χ2n) is 3.05. The minimum Gasteiger partial charge on any atom is -0.290 e. The predicted molar refractivity (Wildman–Crippen MR) is 70.0 cm³/mol. The first-order valence-corrected chi connectivity index (χ1v) is 8.31. The Labute approximate surface area is 104 Å². The molecule has 0 radical (unpaired) electrons. The van der Waals surface area contributed by atoms with E-state index in [1.807, 2.05) is 30.3 Å². The Morgan fingerprint density at radius 3 is 2.60 bits per heavy atom. The van der Waals surface area contributed by atoms with Gasteiger partial charge in [-0.25, -0.2) is 4.21 Å². The molecule has 15 heavy (non-hydrogen) atoms. The fraction of sp³-hybridized carbons (Fsp3) is 0.400. The second kappa shape index (κ2) is 6.58. The Bertz CT molecular complexity index is 376. The average Bonchev–Trinajstić information content (AvgIpc) is 2.18. The Morgan fingerprint density at radius 2 is 2.00 bits per heavy atom. The topological polar surface area (TPSA) is 26.3 Å². The maximum atomic E-state index is 11.8. The molecule has 0 saturated carbocycles. The number of rotatable bonds is 6. The summed E-state index contributed by atoms with van der Waals surface area (Å²) in [5.41, 5.74) is 0.955. The molecule has 0 aliphatic heterocycles. The molecule has 0 saturated heterocycles. The lowest BCUT2D eigenvalue weighted by molar-refractivity contribution is 0.347. The van der Waals surface area contributed by atoms with E-state index in [1.54, 1.807) is 0 Å². The van der Waals surface area contributed by atoms with Crippen LogP contribution in [0.25, 0.3) is 0 Å². The Balaban J connectivity index is 2.50. The second-order valence-corrected chi connectivity index (χ2v) is 7.01. The minimum atomic E-state index is -2.59. The zero-order valence-corrected chi connectivity index (χ0v) is 11.4. The van der Waals surface area contributed by atoms with Crippen molar-refractivity contribution in [1.29, 1.82) is 0 Å². The standard InChI is InChI=1S/C10H13BrO2S2/c11-7-4-8-13-15(12,14)9-10-5-2-1-3-6-10/h1-3,5-6H,4,7-9H2. The Morgan fingerprint density at radius 1 is 1.33 bits per heavy atom. The third-order valence-corrected chi connectivity index (χ3v) is 4.14. The van der Waals surface area contributed by atoms with Crippen LogP contribution < -0.4 is 0 Å². The summed E-state index contributed by atoms with van der Waals surface area (Å²) in [6.07, 6.45) is 0.822. The van der Waals surface area contributed by atoms with Crippen LogP contribution in [0.3, 0.4) is 0 Å². The van der Waals surface area contributed by atoms with Gasteiger partial charge in [0.05, 0.1) is 12.4 Å². The lowest BCUT2D eigenvalue weighted by Gasteiger charge is -2.07. The van der Waals surface area contributed by atoms with Gasteiger partial charge >= 0.3 is 0 Å². The van der Waals surface area contributed by atoms with E-state index in [2.05, 4.69) is 15.9 Å². The third-order valence-electron chi connectivity index (χ3n) is 1.73. The first-order chi connectivity index (χ1) is 7.14. The molecular weight excluding hydrogens is 296 g/mol. The molecule has 0 spiro atoms. The monoisotopic (exact) mass is 308 g/mol. The molecule has 84 valence electrons. The smallest absolute Gasteiger partial charge is 0.148 e. The van der Waals surface area contributed by atoms with Gasteiger partial charge in [-0.15, -0.1) is 0 Å². The van der Waals surface area contributed by atoms with E-state index in [0.717, 1.165) is 17.3 Å². The maximum Gasteiger partial charge on any atom is 0.148 e. The van der Waals surface area contributed by atoms with E-state index in [-0.39, 0.29) is 0 Å². The zero-order valence-electron chi connectivity index (χ0n) is 8.23. The van der Waals surface area contributed by atoms with Crippen LogP contribution in [0.1, 0.15) is 12.0 Å². The van der Waals surface area contributed by atoms with Gasteiger partial charge in [-0.1, -0.05) is 46.3 Å². The maximum absolute atomic E-state index is 11.8. The van der Waals surface area contributed by atoms with Crippen molar-refractivity contribution >= 4 is 35.9 Å². The van der Waals surface area contributed by atoms with Gasteiger partial charge in [-0.3, -0.25) is 4.18 Å². The van der Waals surface area contributed by atoms with E-state index in [1.165, 1.54) is 0 Å². The molecule has 1 unspecified atom stereocenters. The van der Waals surface area contributed by atoms with Gasteiger partial charge in [0, 0.05) is 16.5 Å². The quantitative estimate of drug-likeness (QED) is 0.597. The van der Waals surface area contributed by atoms with Gasteiger partial charge in [0.2, 0.25) is 0 Å². The molecule has 0 aliphatic carbocycles. The van der Waals surface area contributed by atoms with Gasteiger partial charge < -0.3 is 0 Å². The van der Waals surface area contributed by atoms with E-state index in [9.17, 15) is 4.21 Å². The van der Waals surface area contributed by atoms with Gasteiger partial charge in [-0.05, 0) is 12.0 Å². The van der Waals surface area contributed by atoms with Crippen LogP contribution in [0.5, 0.6) is 0 Å². The van der Waals surface area contributed by atoms with Crippen LogP contribution in [0, 0.1) is 0 Å². The van der Waals surface area contributed by atoms with E-state index < -0.39 is 8.77 Å². The van der Waals surface area contributed by atoms with Gasteiger partial charge in [0.25, 0.3) is 0 Å². The summed E-state index contributed by atoms with van der Waals surface area (Å²) in [5, 5.41) is 0.836. The minimum absolute atomic E-state index is 0.311. The first-order valence-electron chi connectivity index (χ1n) is 4.61. The molecule has 0 bridgehead atoms. The number of hydrogen-bond acceptors (Lipinski definition) is 3. The van der Waals surface area contributed by atoms with Crippen LogP contribution in [-0.2, 0) is 29.9 Å². The van der Waals surface area contributed by atoms with Gasteiger partial charge in [0.15, 0.2) is 0 Å². The predicted octanol–water partition coefficient (Wildman–Crippen LogP) is 2.65. The van der Waals surface area contributed by atoms with Crippen molar-refractivity contribution in [1.82, 2.24) is 0 Å². The summed E-state index contributed by atoms with van der Waals surface area (Å²) in [7, 11) is -2.59. The molecule has 0 aromatic heterocycles. The average molecular weight is 309 g/mol. The summed E-state index contributed by atoms with van der Waals surface area (Å²) in [4.78, 5) is 0. The Kier molecular flexibility index (Phi) is 5.74. The third kappa shape index (κ3) is 5.61. The fourth-order valence-corrected chi connectivity index (χ4v) is 2.96. The summed E-state index contributed by atoms with van der Waals surface area (Å²) < 4.78 is 17.0. The van der Waals surface area contributed by atoms with Crippen molar-refractivity contribution in [3.63, 3.8) is 0 Å². The number of halogens is 1. The van der Waals surface area contributed by atoms with Crippen molar-refractivity contribution < 1.29 is 8.39 Å². The van der Waals surface area contributed by atoms with Crippen molar-refractivity contribution in [3.05, 3.63) is 35.9 Å². The summed E-state index contributed by atoms with van der Waals surface area (Å²) in [5.74, 6) is 0.311. The highest BCUT2D eigenvalue weighted by Crippen LogP contribution is 2.08. The zero-order chi connectivity index (χ0) is 11.1. The molecule has 0 amide bonds. The molecule has 5 heteroatoms. The normalized spacial score (nSPS) is 14.7. The van der Waals surface area contributed by atoms with Crippen LogP contribution >= 0.6 is 15.9 Å². The molecule has 0 N–H and O–H groups in total. The lowest BCUT2D eigenvalue weighted by atomic mass is 10.2. The molecule has 1 rings (SSSR count). The highest BCUT2D eigenvalue weighted by molar-refractivity contribution is 9.09. The van der Waals surface area contributed by atoms with Crippen LogP contribution in [0.2, 0.25) is 0 Å². The SMILES string of the molecule is O=S(=S)(Cc1ccccc1)OCCCBr. The van der Waals surface area contributed by atoms with Crippen molar-refractivity contribution in [3.8, 4) is 0 Å². The van der Waals surface area contributed by atoms with Gasteiger partial charge in [0.1, 0.15) is 8.77 Å².